The van der Waals surface area contributed by atoms with E-state index >= 15 is 0 Å². The predicted octanol–water partition coefficient (Wildman–Crippen LogP) is 4.25. The van der Waals surface area contributed by atoms with Crippen LogP contribution in [-0.4, -0.2) is 5.11 Å². The summed E-state index contributed by atoms with van der Waals surface area (Å²) in [6, 6.07) is 8.01. The van der Waals surface area contributed by atoms with Crippen LogP contribution >= 0.6 is 11.6 Å². The standard InChI is InChI=1S/C15H13ClF2O2/c1-9(19)14-6-11(16)2-3-15(14)20-8-10-4-12(17)7-13(18)5-10/h2-7,9,19H,8H2,1H3/t9-/m1/s1. The molecule has 1 N–H and O–H groups in total. The Morgan fingerprint density at radius 3 is 2.40 bits per heavy atom. The molecule has 0 spiro atoms. The first-order valence-corrected chi connectivity index (χ1v) is 6.39. The highest BCUT2D eigenvalue weighted by atomic mass is 35.5. The number of halogens is 3. The summed E-state index contributed by atoms with van der Waals surface area (Å²) in [6.07, 6.45) is -0.757. The molecule has 0 bridgehead atoms. The quantitative estimate of drug-likeness (QED) is 0.914. The Morgan fingerprint density at radius 2 is 1.80 bits per heavy atom. The van der Waals surface area contributed by atoms with E-state index in [2.05, 4.69) is 0 Å². The zero-order valence-corrected chi connectivity index (χ0v) is 11.5. The lowest BCUT2D eigenvalue weighted by Crippen LogP contribution is -2.01. The summed E-state index contributed by atoms with van der Waals surface area (Å²) in [4.78, 5) is 0. The van der Waals surface area contributed by atoms with E-state index in [1.165, 1.54) is 12.1 Å². The summed E-state index contributed by atoms with van der Waals surface area (Å²) < 4.78 is 31.6. The molecule has 0 aliphatic rings. The number of rotatable bonds is 4. The second kappa shape index (κ2) is 6.20. The fourth-order valence-electron chi connectivity index (χ4n) is 1.83. The third kappa shape index (κ3) is 3.68. The van der Waals surface area contributed by atoms with Gasteiger partial charge in [0.2, 0.25) is 0 Å². The SMILES string of the molecule is C[C@@H](O)c1cc(Cl)ccc1OCc1cc(F)cc(F)c1. The van der Waals surface area contributed by atoms with Crippen LogP contribution < -0.4 is 4.74 Å². The summed E-state index contributed by atoms with van der Waals surface area (Å²) in [6.45, 7) is 1.58. The summed E-state index contributed by atoms with van der Waals surface area (Å²) in [5.41, 5.74) is 0.892. The highest BCUT2D eigenvalue weighted by Crippen LogP contribution is 2.29. The van der Waals surface area contributed by atoms with E-state index in [1.807, 2.05) is 0 Å². The summed E-state index contributed by atoms with van der Waals surface area (Å²) in [5.74, 6) is -0.889. The van der Waals surface area contributed by atoms with Gasteiger partial charge in [-0.05, 0) is 42.8 Å². The summed E-state index contributed by atoms with van der Waals surface area (Å²) >= 11 is 5.85. The minimum Gasteiger partial charge on any atom is -0.489 e. The molecule has 0 aliphatic carbocycles. The molecule has 2 rings (SSSR count). The minimum atomic E-state index is -0.757. The van der Waals surface area contributed by atoms with Gasteiger partial charge >= 0.3 is 0 Å². The normalized spacial score (nSPS) is 12.2. The molecule has 20 heavy (non-hydrogen) atoms. The van der Waals surface area contributed by atoms with Crippen molar-refractivity contribution in [2.75, 3.05) is 0 Å². The number of aliphatic hydroxyl groups is 1. The van der Waals surface area contributed by atoms with Gasteiger partial charge < -0.3 is 9.84 Å². The van der Waals surface area contributed by atoms with Crippen LogP contribution in [0.4, 0.5) is 8.78 Å². The van der Waals surface area contributed by atoms with Crippen molar-refractivity contribution in [2.24, 2.45) is 0 Å². The van der Waals surface area contributed by atoms with Gasteiger partial charge in [-0.1, -0.05) is 11.6 Å². The first-order chi connectivity index (χ1) is 9.45. The number of benzene rings is 2. The number of ether oxygens (including phenoxy) is 1. The topological polar surface area (TPSA) is 29.5 Å². The van der Waals surface area contributed by atoms with Crippen LogP contribution in [0.2, 0.25) is 5.02 Å². The molecule has 0 amide bonds. The van der Waals surface area contributed by atoms with Gasteiger partial charge in [0, 0.05) is 16.7 Å². The van der Waals surface area contributed by atoms with Crippen molar-refractivity contribution in [3.63, 3.8) is 0 Å². The lowest BCUT2D eigenvalue weighted by molar-refractivity contribution is 0.190. The molecule has 2 nitrogen and oxygen atoms in total. The van der Waals surface area contributed by atoms with Crippen LogP contribution in [0.3, 0.4) is 0 Å². The van der Waals surface area contributed by atoms with Gasteiger partial charge in [0.05, 0.1) is 6.10 Å². The Morgan fingerprint density at radius 1 is 1.15 bits per heavy atom. The molecule has 1 atom stereocenters. The van der Waals surface area contributed by atoms with Crippen molar-refractivity contribution in [2.45, 2.75) is 19.6 Å². The van der Waals surface area contributed by atoms with E-state index in [9.17, 15) is 13.9 Å². The third-order valence-corrected chi connectivity index (χ3v) is 2.97. The molecule has 0 aliphatic heterocycles. The zero-order chi connectivity index (χ0) is 14.7. The van der Waals surface area contributed by atoms with Crippen molar-refractivity contribution in [1.82, 2.24) is 0 Å². The van der Waals surface area contributed by atoms with E-state index in [-0.39, 0.29) is 6.61 Å². The highest BCUT2D eigenvalue weighted by molar-refractivity contribution is 6.30. The van der Waals surface area contributed by atoms with E-state index in [0.29, 0.717) is 21.9 Å². The molecule has 0 saturated carbocycles. The first-order valence-electron chi connectivity index (χ1n) is 6.01. The smallest absolute Gasteiger partial charge is 0.126 e. The fraction of sp³-hybridized carbons (Fsp3) is 0.200. The van der Waals surface area contributed by atoms with Crippen LogP contribution in [0, 0.1) is 11.6 Å². The number of hydrogen-bond donors (Lipinski definition) is 1. The second-order valence-electron chi connectivity index (χ2n) is 4.42. The zero-order valence-electron chi connectivity index (χ0n) is 10.7. The van der Waals surface area contributed by atoms with Crippen LogP contribution in [0.25, 0.3) is 0 Å². The molecular weight excluding hydrogens is 286 g/mol. The van der Waals surface area contributed by atoms with E-state index in [4.69, 9.17) is 16.3 Å². The van der Waals surface area contributed by atoms with Gasteiger partial charge in [0.1, 0.15) is 24.0 Å². The van der Waals surface area contributed by atoms with Gasteiger partial charge in [-0.3, -0.25) is 0 Å². The monoisotopic (exact) mass is 298 g/mol. The maximum Gasteiger partial charge on any atom is 0.126 e. The molecule has 0 fully saturated rings. The maximum atomic E-state index is 13.1. The summed E-state index contributed by atoms with van der Waals surface area (Å²) in [5, 5.41) is 10.1. The molecule has 0 heterocycles. The van der Waals surface area contributed by atoms with Gasteiger partial charge in [-0.2, -0.15) is 0 Å². The average Bonchev–Trinajstić information content (AvgIpc) is 2.36. The van der Waals surface area contributed by atoms with E-state index < -0.39 is 17.7 Å². The van der Waals surface area contributed by atoms with Crippen LogP contribution in [0.5, 0.6) is 5.75 Å². The molecule has 2 aromatic carbocycles. The summed E-state index contributed by atoms with van der Waals surface area (Å²) in [7, 11) is 0. The Bertz CT molecular complexity index is 595. The van der Waals surface area contributed by atoms with Crippen LogP contribution in [0.15, 0.2) is 36.4 Å². The molecular formula is C15H13ClF2O2. The first kappa shape index (κ1) is 14.8. The van der Waals surface area contributed by atoms with Gasteiger partial charge in [0.15, 0.2) is 0 Å². The largest absolute Gasteiger partial charge is 0.489 e. The molecule has 0 saturated heterocycles. The Hall–Kier alpha value is -1.65. The average molecular weight is 299 g/mol. The second-order valence-corrected chi connectivity index (χ2v) is 4.86. The molecule has 2 aromatic rings. The van der Waals surface area contributed by atoms with E-state index in [1.54, 1.807) is 25.1 Å². The predicted molar refractivity (Wildman–Crippen MR) is 72.8 cm³/mol. The van der Waals surface area contributed by atoms with E-state index in [0.717, 1.165) is 6.07 Å². The fourth-order valence-corrected chi connectivity index (χ4v) is 2.01. The molecule has 0 unspecified atom stereocenters. The van der Waals surface area contributed by atoms with Crippen molar-refractivity contribution in [3.05, 3.63) is 64.2 Å². The van der Waals surface area contributed by atoms with Crippen LogP contribution in [-0.2, 0) is 6.61 Å². The number of hydrogen-bond acceptors (Lipinski definition) is 2. The Labute approximate surface area is 120 Å². The van der Waals surface area contributed by atoms with Crippen LogP contribution in [0.1, 0.15) is 24.2 Å². The van der Waals surface area contributed by atoms with Crippen molar-refractivity contribution in [3.8, 4) is 5.75 Å². The molecule has 5 heteroatoms. The van der Waals surface area contributed by atoms with Gasteiger partial charge in [-0.25, -0.2) is 8.78 Å². The lowest BCUT2D eigenvalue weighted by atomic mass is 10.1. The highest BCUT2D eigenvalue weighted by Gasteiger charge is 2.10. The van der Waals surface area contributed by atoms with Crippen molar-refractivity contribution < 1.29 is 18.6 Å². The molecule has 0 radical (unpaired) electrons. The van der Waals surface area contributed by atoms with Crippen molar-refractivity contribution >= 4 is 11.6 Å². The Balaban J connectivity index is 2.18. The van der Waals surface area contributed by atoms with Gasteiger partial charge in [-0.15, -0.1) is 0 Å². The lowest BCUT2D eigenvalue weighted by Gasteiger charge is -2.14. The maximum absolute atomic E-state index is 13.1. The van der Waals surface area contributed by atoms with Gasteiger partial charge in [0.25, 0.3) is 0 Å². The number of aliphatic hydroxyl groups excluding tert-OH is 1. The minimum absolute atomic E-state index is 0.00394. The Kier molecular flexibility index (Phi) is 4.57. The molecule has 0 aromatic heterocycles. The molecule has 106 valence electrons. The third-order valence-electron chi connectivity index (χ3n) is 2.74. The van der Waals surface area contributed by atoms with Crippen molar-refractivity contribution in [1.29, 1.82) is 0 Å².